The molecule has 2 amide bonds. The molecule has 0 aliphatic heterocycles. The first-order valence-electron chi connectivity index (χ1n) is 5.66. The zero-order valence-electron chi connectivity index (χ0n) is 11.2. The Bertz CT molecular complexity index is 481. The maximum absolute atomic E-state index is 11.8. The number of nitrogens with one attached hydrogen (secondary N) is 2. The van der Waals surface area contributed by atoms with E-state index in [0.717, 1.165) is 0 Å². The Hall–Kier alpha value is -0.720. The molecule has 112 valence electrons. The van der Waals surface area contributed by atoms with Gasteiger partial charge < -0.3 is 20.1 Å². The van der Waals surface area contributed by atoms with Crippen molar-refractivity contribution in [1.29, 1.82) is 0 Å². The minimum atomic E-state index is -0.551. The topological polar surface area (TPSA) is 59.6 Å². The van der Waals surface area contributed by atoms with Crippen LogP contribution in [0.4, 0.5) is 10.5 Å². The summed E-state index contributed by atoms with van der Waals surface area (Å²) in [7, 11) is 2.97. The van der Waals surface area contributed by atoms with Gasteiger partial charge in [-0.3, -0.25) is 0 Å². The van der Waals surface area contributed by atoms with Crippen LogP contribution in [0.25, 0.3) is 0 Å². The summed E-state index contributed by atoms with van der Waals surface area (Å²) in [5.41, 5.74) is 0.358. The molecule has 0 saturated heterocycles. The molecule has 0 aromatic heterocycles. The molecule has 1 atom stereocenters. The molecule has 8 heteroatoms. The number of urea groups is 1. The van der Waals surface area contributed by atoms with Crippen LogP contribution in [0.3, 0.4) is 0 Å². The quantitative estimate of drug-likeness (QED) is 0.633. The first-order chi connectivity index (χ1) is 9.38. The van der Waals surface area contributed by atoms with E-state index < -0.39 is 12.3 Å². The first kappa shape index (κ1) is 17.3. The second-order valence-corrected chi connectivity index (χ2v) is 5.19. The summed E-state index contributed by atoms with van der Waals surface area (Å²) >= 11 is 17.6. The fourth-order valence-electron chi connectivity index (χ4n) is 1.56. The first-order valence-corrected chi connectivity index (χ1v) is 6.80. The van der Waals surface area contributed by atoms with Gasteiger partial charge in [0.25, 0.3) is 0 Å². The molecule has 1 aromatic rings. The summed E-state index contributed by atoms with van der Waals surface area (Å²) in [6.45, 7) is 1.74. The van der Waals surface area contributed by atoms with Gasteiger partial charge in [0.1, 0.15) is 0 Å². The Balaban J connectivity index is 2.69. The molecule has 0 fully saturated rings. The average Bonchev–Trinajstić information content (AvgIpc) is 2.37. The number of amides is 2. The molecule has 0 heterocycles. The lowest BCUT2D eigenvalue weighted by Crippen LogP contribution is -2.44. The van der Waals surface area contributed by atoms with E-state index in [1.54, 1.807) is 6.92 Å². The Labute approximate surface area is 132 Å². The third-order valence-corrected chi connectivity index (χ3v) is 3.52. The van der Waals surface area contributed by atoms with Crippen LogP contribution in [0.2, 0.25) is 15.1 Å². The number of hydrogen-bond acceptors (Lipinski definition) is 3. The normalized spacial score (nSPS) is 12.3. The molecule has 5 nitrogen and oxygen atoms in total. The summed E-state index contributed by atoms with van der Waals surface area (Å²) in [5.74, 6) is 0. The fourth-order valence-corrected chi connectivity index (χ4v) is 2.15. The predicted molar refractivity (Wildman–Crippen MR) is 80.9 cm³/mol. The molecule has 0 bridgehead atoms. The number of methoxy groups -OCH3 is 2. The fraction of sp³-hybridized carbons (Fsp3) is 0.417. The summed E-state index contributed by atoms with van der Waals surface area (Å²) in [4.78, 5) is 11.8. The van der Waals surface area contributed by atoms with Gasteiger partial charge in [0.2, 0.25) is 0 Å². The Morgan fingerprint density at radius 2 is 1.65 bits per heavy atom. The highest BCUT2D eigenvalue weighted by Gasteiger charge is 2.18. The third-order valence-electron chi connectivity index (χ3n) is 2.49. The smallest absolute Gasteiger partial charge is 0.319 e. The molecule has 2 N–H and O–H groups in total. The van der Waals surface area contributed by atoms with Crippen LogP contribution in [-0.4, -0.2) is 32.6 Å². The molecule has 0 radical (unpaired) electrons. The highest BCUT2D eigenvalue weighted by molar-refractivity contribution is 6.44. The van der Waals surface area contributed by atoms with Crippen molar-refractivity contribution in [2.75, 3.05) is 19.5 Å². The number of carbonyl (C=O) groups excluding carboxylic acids is 1. The van der Waals surface area contributed by atoms with Gasteiger partial charge in [0.15, 0.2) is 6.29 Å². The second kappa shape index (κ2) is 7.90. The largest absolute Gasteiger partial charge is 0.354 e. The molecule has 0 aliphatic carbocycles. The molecular formula is C12H15Cl3N2O3. The zero-order chi connectivity index (χ0) is 15.3. The van der Waals surface area contributed by atoms with Crippen molar-refractivity contribution < 1.29 is 14.3 Å². The number of ether oxygens (including phenoxy) is 2. The number of anilines is 1. The van der Waals surface area contributed by atoms with E-state index in [-0.39, 0.29) is 11.1 Å². The van der Waals surface area contributed by atoms with E-state index in [4.69, 9.17) is 44.3 Å². The molecule has 0 spiro atoms. The molecular weight excluding hydrogens is 327 g/mol. The van der Waals surface area contributed by atoms with Gasteiger partial charge in [-0.2, -0.15) is 0 Å². The summed E-state index contributed by atoms with van der Waals surface area (Å²) < 4.78 is 10.1. The van der Waals surface area contributed by atoms with Crippen molar-refractivity contribution >= 4 is 46.5 Å². The van der Waals surface area contributed by atoms with E-state index in [9.17, 15) is 4.79 Å². The van der Waals surface area contributed by atoms with Crippen LogP contribution < -0.4 is 10.6 Å². The van der Waals surface area contributed by atoms with Gasteiger partial charge in [-0.05, 0) is 19.1 Å². The third kappa shape index (κ3) is 4.68. The van der Waals surface area contributed by atoms with Gasteiger partial charge in [0.05, 0.1) is 26.8 Å². The zero-order valence-corrected chi connectivity index (χ0v) is 13.4. The van der Waals surface area contributed by atoms with E-state index >= 15 is 0 Å². The highest BCUT2D eigenvalue weighted by atomic mass is 35.5. The van der Waals surface area contributed by atoms with Crippen molar-refractivity contribution in [3.63, 3.8) is 0 Å². The monoisotopic (exact) mass is 340 g/mol. The lowest BCUT2D eigenvalue weighted by atomic mass is 10.3. The molecule has 20 heavy (non-hydrogen) atoms. The number of carbonyl (C=O) groups is 1. The SMILES string of the molecule is COC(OC)C(C)NC(=O)Nc1cc(Cl)c(Cl)cc1Cl. The van der Waals surface area contributed by atoms with Crippen molar-refractivity contribution in [3.05, 3.63) is 27.2 Å². The van der Waals surface area contributed by atoms with Crippen molar-refractivity contribution in [1.82, 2.24) is 5.32 Å². The minimum Gasteiger partial charge on any atom is -0.354 e. The Morgan fingerprint density at radius 1 is 1.10 bits per heavy atom. The summed E-state index contributed by atoms with van der Waals surface area (Å²) in [6, 6.07) is 2.11. The van der Waals surface area contributed by atoms with Crippen molar-refractivity contribution in [2.45, 2.75) is 19.3 Å². The molecule has 1 aromatic carbocycles. The lowest BCUT2D eigenvalue weighted by molar-refractivity contribution is -0.117. The number of hydrogen-bond donors (Lipinski definition) is 2. The minimum absolute atomic E-state index is 0.289. The van der Waals surface area contributed by atoms with Crippen LogP contribution >= 0.6 is 34.8 Å². The van der Waals surface area contributed by atoms with Gasteiger partial charge in [-0.25, -0.2) is 4.79 Å². The van der Waals surface area contributed by atoms with Gasteiger partial charge in [0, 0.05) is 14.2 Å². The van der Waals surface area contributed by atoms with Crippen LogP contribution in [0, 0.1) is 0 Å². The number of benzene rings is 1. The average molecular weight is 342 g/mol. The standard InChI is InChI=1S/C12H15Cl3N2O3/c1-6(11(19-2)20-3)16-12(18)17-10-5-8(14)7(13)4-9(10)15/h4-6,11H,1-3H3,(H2,16,17,18). The van der Waals surface area contributed by atoms with Gasteiger partial charge >= 0.3 is 6.03 Å². The van der Waals surface area contributed by atoms with Crippen molar-refractivity contribution in [3.8, 4) is 0 Å². The van der Waals surface area contributed by atoms with Crippen LogP contribution in [0.1, 0.15) is 6.92 Å². The molecule has 1 unspecified atom stereocenters. The summed E-state index contributed by atoms with van der Waals surface area (Å²) in [6.07, 6.45) is -0.551. The Morgan fingerprint density at radius 3 is 2.20 bits per heavy atom. The number of halogens is 3. The molecule has 0 aliphatic rings. The maximum atomic E-state index is 11.8. The van der Waals surface area contributed by atoms with E-state index in [2.05, 4.69) is 10.6 Å². The van der Waals surface area contributed by atoms with Crippen LogP contribution in [0.5, 0.6) is 0 Å². The van der Waals surface area contributed by atoms with E-state index in [0.29, 0.717) is 15.7 Å². The summed E-state index contributed by atoms with van der Waals surface area (Å²) in [5, 5.41) is 6.13. The Kier molecular flexibility index (Phi) is 6.85. The maximum Gasteiger partial charge on any atom is 0.319 e. The predicted octanol–water partition coefficient (Wildman–Crippen LogP) is 3.78. The van der Waals surface area contributed by atoms with Gasteiger partial charge in [-0.15, -0.1) is 0 Å². The van der Waals surface area contributed by atoms with Crippen LogP contribution in [0.15, 0.2) is 12.1 Å². The second-order valence-electron chi connectivity index (χ2n) is 3.97. The van der Waals surface area contributed by atoms with Gasteiger partial charge in [-0.1, -0.05) is 34.8 Å². The van der Waals surface area contributed by atoms with Crippen molar-refractivity contribution in [2.24, 2.45) is 0 Å². The lowest BCUT2D eigenvalue weighted by Gasteiger charge is -2.22. The van der Waals surface area contributed by atoms with Crippen LogP contribution in [-0.2, 0) is 9.47 Å². The van der Waals surface area contributed by atoms with E-state index in [1.165, 1.54) is 26.4 Å². The van der Waals surface area contributed by atoms with E-state index in [1.807, 2.05) is 0 Å². The molecule has 1 rings (SSSR count). The highest BCUT2D eigenvalue weighted by Crippen LogP contribution is 2.32. The molecule has 0 saturated carbocycles. The number of rotatable bonds is 5.